The minimum atomic E-state index is -0.152. The van der Waals surface area contributed by atoms with Gasteiger partial charge in [-0.3, -0.25) is 19.4 Å². The summed E-state index contributed by atoms with van der Waals surface area (Å²) in [5.41, 5.74) is 2.76. The van der Waals surface area contributed by atoms with E-state index in [0.717, 1.165) is 30.1 Å². The SMILES string of the molecule is CCOC(=O)C1CCN(C(=O)c2cccc(C(c3cccc(O)c3)N3CC(C)N(CC4CC4)C[C@H]3C)c2)CC1. The summed E-state index contributed by atoms with van der Waals surface area (Å²) in [5, 5.41) is 10.4. The van der Waals surface area contributed by atoms with E-state index >= 15 is 0 Å². The van der Waals surface area contributed by atoms with Gasteiger partial charge in [0.2, 0.25) is 0 Å². The fourth-order valence-corrected chi connectivity index (χ4v) is 6.34. The monoisotopic (exact) mass is 533 g/mol. The summed E-state index contributed by atoms with van der Waals surface area (Å²) in [6, 6.07) is 16.2. The van der Waals surface area contributed by atoms with Crippen LogP contribution in [0, 0.1) is 11.8 Å². The Morgan fingerprint density at radius 1 is 0.949 bits per heavy atom. The smallest absolute Gasteiger partial charge is 0.309 e. The largest absolute Gasteiger partial charge is 0.508 e. The van der Waals surface area contributed by atoms with Gasteiger partial charge in [0, 0.05) is 50.4 Å². The van der Waals surface area contributed by atoms with Crippen molar-refractivity contribution in [3.63, 3.8) is 0 Å². The molecule has 2 aliphatic heterocycles. The second kappa shape index (κ2) is 12.1. The Hall–Kier alpha value is -2.90. The molecular weight excluding hydrogens is 490 g/mol. The first-order valence-corrected chi connectivity index (χ1v) is 14.7. The number of likely N-dealkylation sites (tertiary alicyclic amines) is 1. The van der Waals surface area contributed by atoms with Crippen molar-refractivity contribution in [1.82, 2.24) is 14.7 Å². The molecule has 0 radical (unpaired) electrons. The van der Waals surface area contributed by atoms with Crippen LogP contribution in [0.3, 0.4) is 0 Å². The first kappa shape index (κ1) is 27.7. The van der Waals surface area contributed by atoms with E-state index in [0.29, 0.717) is 50.2 Å². The fraction of sp³-hybridized carbons (Fsp3) is 0.562. The van der Waals surface area contributed by atoms with Crippen LogP contribution in [0.4, 0.5) is 0 Å². The van der Waals surface area contributed by atoms with Gasteiger partial charge in [-0.05, 0) is 87.8 Å². The third kappa shape index (κ3) is 6.47. The molecule has 210 valence electrons. The quantitative estimate of drug-likeness (QED) is 0.496. The number of amides is 1. The minimum absolute atomic E-state index is 0.00415. The molecule has 0 bridgehead atoms. The maximum absolute atomic E-state index is 13.6. The number of carbonyl (C=O) groups excluding carboxylic acids is 2. The minimum Gasteiger partial charge on any atom is -0.508 e. The number of nitrogens with zero attached hydrogens (tertiary/aromatic N) is 3. The molecule has 2 saturated heterocycles. The average molecular weight is 534 g/mol. The van der Waals surface area contributed by atoms with Gasteiger partial charge in [-0.25, -0.2) is 0 Å². The summed E-state index contributed by atoms with van der Waals surface area (Å²) in [7, 11) is 0. The standard InChI is InChI=1S/C32H43N3O4/c1-4-39-32(38)25-13-15-33(16-14-25)31(37)28-9-5-7-26(17-28)30(27-8-6-10-29(36)18-27)35-20-22(2)34(19-23(35)3)21-24-11-12-24/h5-10,17-18,22-25,30,36H,4,11-16,19-21H2,1-3H3/t22?,23-,30?/m1/s1. The molecule has 7 nitrogen and oxygen atoms in total. The maximum atomic E-state index is 13.6. The number of hydrogen-bond donors (Lipinski definition) is 1. The Balaban J connectivity index is 1.37. The van der Waals surface area contributed by atoms with Crippen LogP contribution in [-0.2, 0) is 9.53 Å². The highest BCUT2D eigenvalue weighted by Gasteiger charge is 2.37. The summed E-state index contributed by atoms with van der Waals surface area (Å²) in [6.07, 6.45) is 3.98. The van der Waals surface area contributed by atoms with Crippen molar-refractivity contribution >= 4 is 11.9 Å². The molecule has 0 aromatic heterocycles. The number of rotatable bonds is 8. The van der Waals surface area contributed by atoms with E-state index in [-0.39, 0.29) is 29.6 Å². The summed E-state index contributed by atoms with van der Waals surface area (Å²) in [4.78, 5) is 32.7. The fourth-order valence-electron chi connectivity index (χ4n) is 6.34. The van der Waals surface area contributed by atoms with E-state index in [1.165, 1.54) is 19.4 Å². The predicted molar refractivity (Wildman–Crippen MR) is 152 cm³/mol. The van der Waals surface area contributed by atoms with Gasteiger partial charge >= 0.3 is 5.97 Å². The summed E-state index contributed by atoms with van der Waals surface area (Å²) < 4.78 is 5.19. The van der Waals surface area contributed by atoms with Crippen LogP contribution in [0.1, 0.15) is 74.0 Å². The molecule has 2 aromatic carbocycles. The van der Waals surface area contributed by atoms with Crippen LogP contribution < -0.4 is 0 Å². The Labute approximate surface area is 232 Å². The molecule has 1 N–H and O–H groups in total. The highest BCUT2D eigenvalue weighted by atomic mass is 16.5. The van der Waals surface area contributed by atoms with Crippen LogP contribution >= 0.6 is 0 Å². The van der Waals surface area contributed by atoms with Gasteiger partial charge in [0.1, 0.15) is 5.75 Å². The van der Waals surface area contributed by atoms with Crippen LogP contribution in [0.25, 0.3) is 0 Å². The number of carbonyl (C=O) groups is 2. The number of piperidine rings is 1. The summed E-state index contributed by atoms with van der Waals surface area (Å²) >= 11 is 0. The van der Waals surface area contributed by atoms with Crippen LogP contribution in [-0.4, -0.2) is 83.1 Å². The van der Waals surface area contributed by atoms with Crippen molar-refractivity contribution in [2.45, 2.75) is 64.6 Å². The Morgan fingerprint density at radius 3 is 2.31 bits per heavy atom. The molecule has 1 amide bonds. The molecule has 7 heteroatoms. The van der Waals surface area contributed by atoms with Crippen LogP contribution in [0.15, 0.2) is 48.5 Å². The Bertz CT molecular complexity index is 1160. The third-order valence-corrected chi connectivity index (χ3v) is 8.72. The van der Waals surface area contributed by atoms with Crippen LogP contribution in [0.5, 0.6) is 5.75 Å². The van der Waals surface area contributed by atoms with Crippen molar-refractivity contribution in [3.05, 3.63) is 65.2 Å². The highest BCUT2D eigenvalue weighted by Crippen LogP contribution is 2.37. The Morgan fingerprint density at radius 2 is 1.64 bits per heavy atom. The predicted octanol–water partition coefficient (Wildman–Crippen LogP) is 4.70. The zero-order chi connectivity index (χ0) is 27.5. The van der Waals surface area contributed by atoms with Crippen molar-refractivity contribution in [1.29, 1.82) is 0 Å². The van der Waals surface area contributed by atoms with Crippen molar-refractivity contribution < 1.29 is 19.4 Å². The highest BCUT2D eigenvalue weighted by molar-refractivity contribution is 5.94. The lowest BCUT2D eigenvalue weighted by atomic mass is 9.92. The Kier molecular flexibility index (Phi) is 8.57. The van der Waals surface area contributed by atoms with Gasteiger partial charge in [-0.15, -0.1) is 0 Å². The van der Waals surface area contributed by atoms with Crippen molar-refractivity contribution in [3.8, 4) is 5.75 Å². The lowest BCUT2D eigenvalue weighted by Crippen LogP contribution is -2.57. The average Bonchev–Trinajstić information content (AvgIpc) is 3.76. The van der Waals surface area contributed by atoms with Gasteiger partial charge in [-0.2, -0.15) is 0 Å². The first-order chi connectivity index (χ1) is 18.8. The molecule has 3 aliphatic rings. The van der Waals surface area contributed by atoms with E-state index < -0.39 is 0 Å². The zero-order valence-electron chi connectivity index (χ0n) is 23.6. The number of phenolic OH excluding ortho intramolecular Hbond substituents is 1. The molecule has 0 spiro atoms. The van der Waals surface area contributed by atoms with E-state index in [1.807, 2.05) is 42.2 Å². The van der Waals surface area contributed by atoms with E-state index in [9.17, 15) is 14.7 Å². The number of phenols is 1. The van der Waals surface area contributed by atoms with Crippen molar-refractivity contribution in [2.24, 2.45) is 11.8 Å². The molecular formula is C32H43N3O4. The lowest BCUT2D eigenvalue weighted by Gasteiger charge is -2.48. The number of aromatic hydroxyl groups is 1. The zero-order valence-corrected chi connectivity index (χ0v) is 23.6. The normalized spacial score (nSPS) is 23.9. The van der Waals surface area contributed by atoms with E-state index in [1.54, 1.807) is 6.07 Å². The molecule has 2 unspecified atom stereocenters. The van der Waals surface area contributed by atoms with E-state index in [2.05, 4.69) is 35.8 Å². The molecule has 2 heterocycles. The molecule has 3 fully saturated rings. The van der Waals surface area contributed by atoms with Gasteiger partial charge in [0.25, 0.3) is 5.91 Å². The molecule has 3 atom stereocenters. The first-order valence-electron chi connectivity index (χ1n) is 14.7. The van der Waals surface area contributed by atoms with Gasteiger partial charge in [-0.1, -0.05) is 24.3 Å². The number of piperazine rings is 1. The maximum Gasteiger partial charge on any atom is 0.309 e. The van der Waals surface area contributed by atoms with Crippen molar-refractivity contribution in [2.75, 3.05) is 39.3 Å². The number of esters is 1. The summed E-state index contributed by atoms with van der Waals surface area (Å²) in [5.74, 6) is 0.837. The second-order valence-electron chi connectivity index (χ2n) is 11.7. The molecule has 39 heavy (non-hydrogen) atoms. The second-order valence-corrected chi connectivity index (χ2v) is 11.7. The number of ether oxygens (including phenoxy) is 1. The topological polar surface area (TPSA) is 73.3 Å². The molecule has 2 aromatic rings. The number of benzene rings is 2. The van der Waals surface area contributed by atoms with Crippen LogP contribution in [0.2, 0.25) is 0 Å². The molecule has 1 aliphatic carbocycles. The number of hydrogen-bond acceptors (Lipinski definition) is 6. The summed E-state index contributed by atoms with van der Waals surface area (Å²) in [6.45, 7) is 11.1. The third-order valence-electron chi connectivity index (χ3n) is 8.72. The van der Waals surface area contributed by atoms with Gasteiger partial charge < -0.3 is 14.7 Å². The van der Waals surface area contributed by atoms with E-state index in [4.69, 9.17) is 4.74 Å². The van der Waals surface area contributed by atoms with Gasteiger partial charge in [0.15, 0.2) is 0 Å². The lowest BCUT2D eigenvalue weighted by molar-refractivity contribution is -0.149. The van der Waals surface area contributed by atoms with Gasteiger partial charge in [0.05, 0.1) is 18.6 Å². The molecule has 1 saturated carbocycles. The molecule has 5 rings (SSSR count).